The zero-order chi connectivity index (χ0) is 7.40. The number of ether oxygens (including phenoxy) is 1. The molecular weight excluding hydrogens is 265 g/mol. The Bertz CT molecular complexity index is 126. The number of amides is 1. The van der Waals surface area contributed by atoms with E-state index in [1.54, 1.807) is 4.90 Å². The minimum atomic E-state index is -0.241. The summed E-state index contributed by atoms with van der Waals surface area (Å²) >= 11 is 0. The maximum absolute atomic E-state index is 10.8. The van der Waals surface area contributed by atoms with Crippen molar-refractivity contribution in [2.75, 3.05) is 33.3 Å². The summed E-state index contributed by atoms with van der Waals surface area (Å²) < 4.78 is 4.54. The third-order valence-corrected chi connectivity index (χ3v) is 1.49. The molecule has 1 saturated heterocycles. The van der Waals surface area contributed by atoms with Gasteiger partial charge in [-0.3, -0.25) is 0 Å². The van der Waals surface area contributed by atoms with Crippen LogP contribution in [0.25, 0.3) is 5.32 Å². The van der Waals surface area contributed by atoms with Crippen LogP contribution in [0, 0.1) is 0 Å². The molecule has 5 heteroatoms. The maximum Gasteiger partial charge on any atom is 1.00 e. The van der Waals surface area contributed by atoms with Crippen LogP contribution in [0.15, 0.2) is 0 Å². The summed E-state index contributed by atoms with van der Waals surface area (Å²) in [5.41, 5.74) is 0. The number of carbonyl (C=O) groups excluding carboxylic acids is 1. The Hall–Kier alpha value is 1.28. The number of methoxy groups -OCH3 is 1. The third kappa shape index (κ3) is 4.16. The molecule has 1 rings (SSSR count). The normalized spacial score (nSPS) is 17.0. The Morgan fingerprint density at radius 1 is 1.45 bits per heavy atom. The second kappa shape index (κ2) is 6.76. The van der Waals surface area contributed by atoms with E-state index in [1.165, 1.54) is 7.11 Å². The van der Waals surface area contributed by atoms with Crippen LogP contribution in [0.3, 0.4) is 0 Å². The van der Waals surface area contributed by atoms with Crippen LogP contribution in [0.5, 0.6) is 0 Å². The predicted octanol–water partition coefficient (Wildman–Crippen LogP) is -2.55. The van der Waals surface area contributed by atoms with E-state index in [9.17, 15) is 4.79 Å². The molecule has 1 amide bonds. The van der Waals surface area contributed by atoms with E-state index in [0.717, 1.165) is 13.1 Å². The van der Waals surface area contributed by atoms with Crippen LogP contribution in [0.4, 0.5) is 4.79 Å². The molecule has 0 aliphatic carbocycles. The van der Waals surface area contributed by atoms with Crippen molar-refractivity contribution >= 4 is 6.09 Å². The minimum Gasteiger partial charge on any atom is -0.659 e. The van der Waals surface area contributed by atoms with Gasteiger partial charge in [0.15, 0.2) is 0 Å². The summed E-state index contributed by atoms with van der Waals surface area (Å²) in [6, 6.07) is 0. The molecule has 0 N–H and O–H groups in total. The molecule has 0 aromatic rings. The molecule has 4 nitrogen and oxygen atoms in total. The molecular formula is C6H11CsN2O2. The van der Waals surface area contributed by atoms with E-state index >= 15 is 0 Å². The number of piperazine rings is 1. The quantitative estimate of drug-likeness (QED) is 0.489. The van der Waals surface area contributed by atoms with E-state index in [4.69, 9.17) is 0 Å². The smallest absolute Gasteiger partial charge is 0.659 e. The van der Waals surface area contributed by atoms with Crippen LogP contribution in [0.2, 0.25) is 0 Å². The van der Waals surface area contributed by atoms with Gasteiger partial charge < -0.3 is 15.0 Å². The minimum absolute atomic E-state index is 0. The third-order valence-electron chi connectivity index (χ3n) is 1.49. The number of nitrogens with zero attached hydrogens (tertiary/aromatic N) is 2. The molecule has 0 unspecified atom stereocenters. The molecule has 0 atom stereocenters. The van der Waals surface area contributed by atoms with Gasteiger partial charge in [-0.2, -0.15) is 0 Å². The number of hydrogen-bond acceptors (Lipinski definition) is 2. The monoisotopic (exact) mass is 276 g/mol. The van der Waals surface area contributed by atoms with Gasteiger partial charge in [0.1, 0.15) is 0 Å². The van der Waals surface area contributed by atoms with E-state index in [1.807, 2.05) is 0 Å². The van der Waals surface area contributed by atoms with Gasteiger partial charge in [-0.15, -0.1) is 13.1 Å². The SMILES string of the molecule is COC(=O)N1CC[N-]CC1.[Cs+]. The van der Waals surface area contributed by atoms with Gasteiger partial charge in [0.25, 0.3) is 0 Å². The average Bonchev–Trinajstić information content (AvgIpc) is 2.05. The molecule has 1 heterocycles. The summed E-state index contributed by atoms with van der Waals surface area (Å²) in [5, 5.41) is 4.09. The fourth-order valence-electron chi connectivity index (χ4n) is 0.918. The summed E-state index contributed by atoms with van der Waals surface area (Å²) in [6.45, 7) is 2.89. The molecule has 0 bridgehead atoms. The van der Waals surface area contributed by atoms with Crippen LogP contribution in [0.1, 0.15) is 0 Å². The Balaban J connectivity index is 0.000001000. The van der Waals surface area contributed by atoms with E-state index in [2.05, 4.69) is 10.1 Å². The van der Waals surface area contributed by atoms with Crippen LogP contribution < -0.4 is 68.9 Å². The molecule has 1 aliphatic heterocycles. The molecule has 0 aromatic carbocycles. The van der Waals surface area contributed by atoms with Gasteiger partial charge in [-0.25, -0.2) is 4.79 Å². The molecule has 0 spiro atoms. The van der Waals surface area contributed by atoms with Gasteiger partial charge in [0, 0.05) is 13.1 Å². The van der Waals surface area contributed by atoms with E-state index < -0.39 is 0 Å². The van der Waals surface area contributed by atoms with E-state index in [0.29, 0.717) is 13.1 Å². The van der Waals surface area contributed by atoms with Gasteiger partial charge in [-0.1, -0.05) is 0 Å². The second-order valence-electron chi connectivity index (χ2n) is 2.13. The second-order valence-corrected chi connectivity index (χ2v) is 2.13. The summed E-state index contributed by atoms with van der Waals surface area (Å²) in [7, 11) is 1.40. The first kappa shape index (κ1) is 12.3. The van der Waals surface area contributed by atoms with Crippen molar-refractivity contribution in [3.8, 4) is 0 Å². The fraction of sp³-hybridized carbons (Fsp3) is 0.833. The number of carbonyl (C=O) groups is 1. The Kier molecular flexibility index (Phi) is 7.55. The molecule has 11 heavy (non-hydrogen) atoms. The summed E-state index contributed by atoms with van der Waals surface area (Å²) in [4.78, 5) is 12.5. The molecule has 1 fully saturated rings. The van der Waals surface area contributed by atoms with Crippen LogP contribution >= 0.6 is 0 Å². The topological polar surface area (TPSA) is 43.6 Å². The number of rotatable bonds is 0. The first-order chi connectivity index (χ1) is 4.84. The van der Waals surface area contributed by atoms with Gasteiger partial charge in [-0.05, 0) is 0 Å². The van der Waals surface area contributed by atoms with E-state index in [-0.39, 0.29) is 75.0 Å². The van der Waals surface area contributed by atoms with Crippen molar-refractivity contribution in [2.24, 2.45) is 0 Å². The van der Waals surface area contributed by atoms with Crippen molar-refractivity contribution in [1.82, 2.24) is 4.90 Å². The van der Waals surface area contributed by atoms with Crippen LogP contribution in [-0.4, -0.2) is 44.3 Å². The van der Waals surface area contributed by atoms with Crippen LogP contribution in [-0.2, 0) is 4.74 Å². The van der Waals surface area contributed by atoms with Gasteiger partial charge in [0.05, 0.1) is 7.11 Å². The Morgan fingerprint density at radius 3 is 2.45 bits per heavy atom. The molecule has 0 radical (unpaired) electrons. The Labute approximate surface area is 125 Å². The first-order valence-electron chi connectivity index (χ1n) is 3.31. The molecule has 1 aliphatic rings. The van der Waals surface area contributed by atoms with Gasteiger partial charge >= 0.3 is 75.0 Å². The first-order valence-corrected chi connectivity index (χ1v) is 3.31. The zero-order valence-electron chi connectivity index (χ0n) is 7.04. The maximum atomic E-state index is 10.8. The van der Waals surface area contributed by atoms with Gasteiger partial charge in [0.2, 0.25) is 0 Å². The standard InChI is InChI=1S/C6H11N2O2.Cs/c1-10-6(9)8-4-2-7-3-5-8;/h2-5H2,1H3;/q-1;+1. The average molecular weight is 276 g/mol. The summed E-state index contributed by atoms with van der Waals surface area (Å²) in [6.07, 6.45) is -0.241. The van der Waals surface area contributed by atoms with Crippen molar-refractivity contribution in [2.45, 2.75) is 0 Å². The van der Waals surface area contributed by atoms with Crippen molar-refractivity contribution in [3.63, 3.8) is 0 Å². The molecule has 0 aromatic heterocycles. The number of hydrogen-bond donors (Lipinski definition) is 0. The Morgan fingerprint density at radius 2 is 2.00 bits per heavy atom. The van der Waals surface area contributed by atoms with Crippen molar-refractivity contribution < 1.29 is 78.4 Å². The summed E-state index contributed by atoms with van der Waals surface area (Å²) in [5.74, 6) is 0. The molecule has 58 valence electrons. The molecule has 0 saturated carbocycles. The fourth-order valence-corrected chi connectivity index (χ4v) is 0.918. The largest absolute Gasteiger partial charge is 1.00 e. The zero-order valence-corrected chi connectivity index (χ0v) is 13.3. The van der Waals surface area contributed by atoms with Crippen molar-refractivity contribution in [3.05, 3.63) is 5.32 Å². The predicted molar refractivity (Wildman–Crippen MR) is 37.1 cm³/mol. The van der Waals surface area contributed by atoms with Crippen molar-refractivity contribution in [1.29, 1.82) is 0 Å².